The Morgan fingerprint density at radius 2 is 2.44 bits per heavy atom. The molecule has 16 heavy (non-hydrogen) atoms. The molecule has 5 nitrogen and oxygen atoms in total. The molecule has 3 rings (SSSR count). The summed E-state index contributed by atoms with van der Waals surface area (Å²) in [6.07, 6.45) is 0.758. The second-order valence-corrected chi connectivity index (χ2v) is 4.70. The Kier molecular flexibility index (Phi) is 2.67. The zero-order chi connectivity index (χ0) is 11.0. The van der Waals surface area contributed by atoms with Gasteiger partial charge in [0, 0.05) is 32.7 Å². The second kappa shape index (κ2) is 4.16. The molecule has 0 saturated carbocycles. The molecule has 0 spiro atoms. The number of hydrogen-bond donors (Lipinski definition) is 2. The summed E-state index contributed by atoms with van der Waals surface area (Å²) in [5, 5.41) is 17.4. The lowest BCUT2D eigenvalue weighted by atomic mass is 10.3. The van der Waals surface area contributed by atoms with Crippen molar-refractivity contribution < 1.29 is 5.11 Å². The summed E-state index contributed by atoms with van der Waals surface area (Å²) < 4.78 is 2.10. The van der Waals surface area contributed by atoms with E-state index in [1.807, 2.05) is 0 Å². The van der Waals surface area contributed by atoms with E-state index in [9.17, 15) is 5.11 Å². The minimum absolute atomic E-state index is 0.140. The number of fused-ring (bicyclic) bond motifs is 1. The fourth-order valence-corrected chi connectivity index (χ4v) is 2.51. The van der Waals surface area contributed by atoms with Crippen molar-refractivity contribution in [2.45, 2.75) is 32.2 Å². The van der Waals surface area contributed by atoms with Gasteiger partial charge in [0.1, 0.15) is 0 Å². The third-order valence-corrected chi connectivity index (χ3v) is 3.35. The van der Waals surface area contributed by atoms with Crippen molar-refractivity contribution in [3.05, 3.63) is 17.5 Å². The van der Waals surface area contributed by atoms with Crippen molar-refractivity contribution in [1.82, 2.24) is 20.0 Å². The molecule has 1 atom stereocenters. The van der Waals surface area contributed by atoms with Crippen LogP contribution in [-0.4, -0.2) is 45.5 Å². The van der Waals surface area contributed by atoms with E-state index in [-0.39, 0.29) is 6.10 Å². The molecule has 3 heterocycles. The standard InChI is InChI=1S/C11H18N4O/c16-11-1-3-14(8-11)7-9-5-10-6-12-2-4-15(10)13-9/h5,11-12,16H,1-4,6-8H2. The smallest absolute Gasteiger partial charge is 0.0768 e. The summed E-state index contributed by atoms with van der Waals surface area (Å²) in [5.74, 6) is 0. The third kappa shape index (κ3) is 1.98. The van der Waals surface area contributed by atoms with Crippen LogP contribution in [0, 0.1) is 0 Å². The Labute approximate surface area is 95.1 Å². The van der Waals surface area contributed by atoms with Crippen molar-refractivity contribution in [3.63, 3.8) is 0 Å². The predicted octanol–water partition coefficient (Wildman–Crippen LogP) is -0.447. The van der Waals surface area contributed by atoms with E-state index in [2.05, 4.69) is 26.1 Å². The topological polar surface area (TPSA) is 53.3 Å². The molecule has 2 N–H and O–H groups in total. The van der Waals surface area contributed by atoms with Crippen LogP contribution in [0.2, 0.25) is 0 Å². The van der Waals surface area contributed by atoms with Crippen LogP contribution in [0.15, 0.2) is 6.07 Å². The first-order valence-corrected chi connectivity index (χ1v) is 5.98. The summed E-state index contributed by atoms with van der Waals surface area (Å²) >= 11 is 0. The molecule has 0 radical (unpaired) electrons. The van der Waals surface area contributed by atoms with E-state index in [0.717, 1.165) is 51.4 Å². The number of β-amino-alcohol motifs (C(OH)–C–C–N with tert-alkyl or cyclic N) is 1. The van der Waals surface area contributed by atoms with Crippen LogP contribution in [0.1, 0.15) is 17.8 Å². The fourth-order valence-electron chi connectivity index (χ4n) is 2.51. The number of nitrogens with one attached hydrogen (secondary N) is 1. The van der Waals surface area contributed by atoms with Crippen molar-refractivity contribution in [1.29, 1.82) is 0 Å². The Balaban J connectivity index is 1.68. The third-order valence-electron chi connectivity index (χ3n) is 3.35. The minimum Gasteiger partial charge on any atom is -0.392 e. The van der Waals surface area contributed by atoms with Gasteiger partial charge >= 0.3 is 0 Å². The molecule has 5 heteroatoms. The maximum atomic E-state index is 9.46. The molecule has 1 aromatic heterocycles. The average Bonchev–Trinajstić information content (AvgIpc) is 2.84. The summed E-state index contributed by atoms with van der Waals surface area (Å²) in [6, 6.07) is 2.18. The molecule has 0 aromatic carbocycles. The molecule has 1 unspecified atom stereocenters. The minimum atomic E-state index is -0.140. The maximum absolute atomic E-state index is 9.46. The molecule has 0 bridgehead atoms. The van der Waals surface area contributed by atoms with Crippen LogP contribution >= 0.6 is 0 Å². The van der Waals surface area contributed by atoms with Gasteiger partial charge in [-0.1, -0.05) is 0 Å². The van der Waals surface area contributed by atoms with Crippen LogP contribution < -0.4 is 5.32 Å². The highest BCUT2D eigenvalue weighted by molar-refractivity contribution is 5.12. The highest BCUT2D eigenvalue weighted by atomic mass is 16.3. The van der Waals surface area contributed by atoms with Crippen molar-refractivity contribution in [3.8, 4) is 0 Å². The van der Waals surface area contributed by atoms with Crippen LogP contribution in [0.5, 0.6) is 0 Å². The highest BCUT2D eigenvalue weighted by Gasteiger charge is 2.21. The Morgan fingerprint density at radius 1 is 1.50 bits per heavy atom. The van der Waals surface area contributed by atoms with E-state index in [1.165, 1.54) is 5.69 Å². The van der Waals surface area contributed by atoms with Crippen molar-refractivity contribution in [2.75, 3.05) is 19.6 Å². The Hall–Kier alpha value is -0.910. The number of nitrogens with zero attached hydrogens (tertiary/aromatic N) is 3. The Bertz CT molecular complexity index is 353. The van der Waals surface area contributed by atoms with Gasteiger partial charge in [0.2, 0.25) is 0 Å². The van der Waals surface area contributed by atoms with Crippen LogP contribution in [0.4, 0.5) is 0 Å². The van der Waals surface area contributed by atoms with Crippen molar-refractivity contribution >= 4 is 0 Å². The number of aliphatic hydroxyl groups excluding tert-OH is 1. The van der Waals surface area contributed by atoms with Crippen LogP contribution in [0.25, 0.3) is 0 Å². The molecular weight excluding hydrogens is 204 g/mol. The molecule has 1 aromatic rings. The summed E-state index contributed by atoms with van der Waals surface area (Å²) in [7, 11) is 0. The van der Waals surface area contributed by atoms with Gasteiger partial charge in [-0.3, -0.25) is 9.58 Å². The molecular formula is C11H18N4O. The Morgan fingerprint density at radius 3 is 3.19 bits per heavy atom. The lowest BCUT2D eigenvalue weighted by Gasteiger charge is -2.14. The maximum Gasteiger partial charge on any atom is 0.0768 e. The van der Waals surface area contributed by atoms with Gasteiger partial charge in [0.15, 0.2) is 0 Å². The van der Waals surface area contributed by atoms with Gasteiger partial charge in [-0.25, -0.2) is 0 Å². The summed E-state index contributed by atoms with van der Waals surface area (Å²) in [5.41, 5.74) is 2.41. The first kappa shape index (κ1) is 10.3. The zero-order valence-corrected chi connectivity index (χ0v) is 9.39. The quantitative estimate of drug-likeness (QED) is 0.712. The highest BCUT2D eigenvalue weighted by Crippen LogP contribution is 2.14. The van der Waals surface area contributed by atoms with Gasteiger partial charge in [0.05, 0.1) is 24.0 Å². The lowest BCUT2D eigenvalue weighted by Crippen LogP contribution is -2.28. The zero-order valence-electron chi connectivity index (χ0n) is 9.39. The summed E-state index contributed by atoms with van der Waals surface area (Å²) in [4.78, 5) is 2.27. The van der Waals surface area contributed by atoms with E-state index in [0.29, 0.717) is 0 Å². The SMILES string of the molecule is OC1CCN(Cc2cc3n(n2)CCNC3)C1. The number of rotatable bonds is 2. The largest absolute Gasteiger partial charge is 0.392 e. The monoisotopic (exact) mass is 222 g/mol. The van der Waals surface area contributed by atoms with Gasteiger partial charge in [-0.15, -0.1) is 0 Å². The fraction of sp³-hybridized carbons (Fsp3) is 0.727. The van der Waals surface area contributed by atoms with Crippen LogP contribution in [-0.2, 0) is 19.6 Å². The molecule has 2 aliphatic heterocycles. The molecule has 1 saturated heterocycles. The van der Waals surface area contributed by atoms with E-state index >= 15 is 0 Å². The number of hydrogen-bond acceptors (Lipinski definition) is 4. The van der Waals surface area contributed by atoms with Gasteiger partial charge in [-0.05, 0) is 12.5 Å². The van der Waals surface area contributed by atoms with Gasteiger partial charge in [-0.2, -0.15) is 5.10 Å². The molecule has 0 aliphatic carbocycles. The van der Waals surface area contributed by atoms with E-state index in [4.69, 9.17) is 0 Å². The number of aliphatic hydroxyl groups is 1. The second-order valence-electron chi connectivity index (χ2n) is 4.70. The molecule has 0 amide bonds. The van der Waals surface area contributed by atoms with Crippen molar-refractivity contribution in [2.24, 2.45) is 0 Å². The first-order valence-electron chi connectivity index (χ1n) is 5.98. The predicted molar refractivity (Wildman–Crippen MR) is 59.8 cm³/mol. The van der Waals surface area contributed by atoms with Gasteiger partial charge < -0.3 is 10.4 Å². The molecule has 1 fully saturated rings. The van der Waals surface area contributed by atoms with E-state index < -0.39 is 0 Å². The normalized spacial score (nSPS) is 25.9. The number of aromatic nitrogens is 2. The lowest BCUT2D eigenvalue weighted by molar-refractivity contribution is 0.174. The molecule has 2 aliphatic rings. The van der Waals surface area contributed by atoms with Crippen LogP contribution in [0.3, 0.4) is 0 Å². The average molecular weight is 222 g/mol. The van der Waals surface area contributed by atoms with Gasteiger partial charge in [0.25, 0.3) is 0 Å². The first-order chi connectivity index (χ1) is 7.81. The summed E-state index contributed by atoms with van der Waals surface area (Å²) in [6.45, 7) is 5.56. The number of likely N-dealkylation sites (tertiary alicyclic amines) is 1. The molecule has 88 valence electrons. The van der Waals surface area contributed by atoms with E-state index in [1.54, 1.807) is 0 Å².